The minimum absolute atomic E-state index is 0.124. The largest absolute Gasteiger partial charge is 0.503 e. The van der Waals surface area contributed by atoms with E-state index in [1.165, 1.54) is 16.9 Å². The van der Waals surface area contributed by atoms with E-state index in [4.69, 9.17) is 27.9 Å². The molecule has 2 heterocycles. The number of aromatic hydroxyl groups is 1. The number of halogens is 4. The first-order chi connectivity index (χ1) is 21.5. The predicted molar refractivity (Wildman–Crippen MR) is 175 cm³/mol. The number of nitrogens with zero attached hydrogens (tertiary/aromatic N) is 2. The van der Waals surface area contributed by atoms with Crippen LogP contribution >= 0.6 is 55.1 Å². The zero-order valence-corrected chi connectivity index (χ0v) is 28.2. The summed E-state index contributed by atoms with van der Waals surface area (Å²) in [6.07, 6.45) is 2.49. The predicted octanol–water partition coefficient (Wildman–Crippen LogP) is 7.28. The molecule has 2 aliphatic heterocycles. The Kier molecular flexibility index (Phi) is 7.62. The van der Waals surface area contributed by atoms with Crippen LogP contribution in [-0.2, 0) is 19.2 Å². The lowest BCUT2D eigenvalue weighted by Gasteiger charge is -2.44. The number of hydrogen-bond donors (Lipinski definition) is 1. The molecule has 3 aromatic rings. The fourth-order valence-corrected chi connectivity index (χ4v) is 8.84. The van der Waals surface area contributed by atoms with Gasteiger partial charge in [-0.1, -0.05) is 34.9 Å². The van der Waals surface area contributed by atoms with Crippen LogP contribution in [0.15, 0.2) is 75.2 Å². The van der Waals surface area contributed by atoms with Gasteiger partial charge in [0.1, 0.15) is 0 Å². The molecule has 4 amide bonds. The zero-order chi connectivity index (χ0) is 31.9. The number of hydrogen-bond acceptors (Lipinski definition) is 6. The van der Waals surface area contributed by atoms with Gasteiger partial charge < -0.3 is 9.84 Å². The van der Waals surface area contributed by atoms with Crippen LogP contribution in [0.4, 0.5) is 11.4 Å². The van der Waals surface area contributed by atoms with Crippen molar-refractivity contribution >= 4 is 90.1 Å². The fourth-order valence-electron chi connectivity index (χ4n) is 7.62. The second-order valence-corrected chi connectivity index (χ2v) is 14.1. The van der Waals surface area contributed by atoms with Gasteiger partial charge in [0.25, 0.3) is 0 Å². The normalized spacial score (nSPS) is 27.4. The molecule has 45 heavy (non-hydrogen) atoms. The van der Waals surface area contributed by atoms with Crippen molar-refractivity contribution < 1.29 is 29.0 Å². The molecule has 3 fully saturated rings. The standard InChI is InChI=1S/C33H24Br2Cl2N2O6/c1-45-23-13-21(27(34)28(35)29(23)40)24-18-10-11-19-25(32(43)38(30(19)41)16-6-2-14(36)3-7-16)20(18)12-22-26(24)33(44)39(31(22)42)17-8-4-15(37)5-9-17/h2-10,13,19-20,22,24-26,40H,11-12H2,1H3/t19-,20+,22+,24+,25-,26+/m0/s1. The molecule has 1 N–H and O–H groups in total. The minimum atomic E-state index is -0.802. The van der Waals surface area contributed by atoms with Gasteiger partial charge in [-0.2, -0.15) is 0 Å². The monoisotopic (exact) mass is 772 g/mol. The second-order valence-electron chi connectivity index (χ2n) is 11.6. The number of phenolic OH excluding ortho intramolecular Hbond substituents is 1. The van der Waals surface area contributed by atoms with Crippen molar-refractivity contribution in [2.24, 2.45) is 29.6 Å². The van der Waals surface area contributed by atoms with Gasteiger partial charge in [-0.15, -0.1) is 0 Å². The number of benzene rings is 3. The first kappa shape index (κ1) is 30.5. The number of anilines is 2. The van der Waals surface area contributed by atoms with Crippen LogP contribution in [0.1, 0.15) is 24.3 Å². The summed E-state index contributed by atoms with van der Waals surface area (Å²) in [7, 11) is 1.43. The van der Waals surface area contributed by atoms with E-state index in [9.17, 15) is 24.3 Å². The number of carbonyl (C=O) groups is 4. The topological polar surface area (TPSA) is 104 Å². The summed E-state index contributed by atoms with van der Waals surface area (Å²) >= 11 is 19.2. The highest BCUT2D eigenvalue weighted by Gasteiger charge is 2.62. The number of ether oxygens (including phenoxy) is 1. The van der Waals surface area contributed by atoms with Crippen LogP contribution in [0.5, 0.6) is 11.5 Å². The minimum Gasteiger partial charge on any atom is -0.503 e. The maximum absolute atomic E-state index is 14.3. The van der Waals surface area contributed by atoms with Crippen LogP contribution in [0, 0.1) is 29.6 Å². The Morgan fingerprint density at radius 2 is 1.29 bits per heavy atom. The summed E-state index contributed by atoms with van der Waals surface area (Å²) in [5.74, 6) is -5.36. The molecule has 1 saturated carbocycles. The lowest BCUT2D eigenvalue weighted by atomic mass is 9.57. The van der Waals surface area contributed by atoms with Crippen LogP contribution < -0.4 is 14.5 Å². The summed E-state index contributed by atoms with van der Waals surface area (Å²) < 4.78 is 6.30. The van der Waals surface area contributed by atoms with Gasteiger partial charge in [-0.3, -0.25) is 29.0 Å². The number of phenols is 1. The van der Waals surface area contributed by atoms with Gasteiger partial charge in [0.15, 0.2) is 11.5 Å². The Morgan fingerprint density at radius 3 is 1.84 bits per heavy atom. The summed E-state index contributed by atoms with van der Waals surface area (Å²) in [4.78, 5) is 58.8. The van der Waals surface area contributed by atoms with Gasteiger partial charge in [0.05, 0.1) is 46.6 Å². The molecular weight excluding hydrogens is 751 g/mol. The van der Waals surface area contributed by atoms with Crippen molar-refractivity contribution in [2.45, 2.75) is 18.8 Å². The molecule has 2 aliphatic carbocycles. The van der Waals surface area contributed by atoms with Crippen LogP contribution in [0.25, 0.3) is 0 Å². The van der Waals surface area contributed by atoms with Gasteiger partial charge >= 0.3 is 0 Å². The number of amides is 4. The molecule has 12 heteroatoms. The van der Waals surface area contributed by atoms with Gasteiger partial charge in [0.2, 0.25) is 23.6 Å². The molecule has 0 unspecified atom stereocenters. The summed E-state index contributed by atoms with van der Waals surface area (Å²) in [6.45, 7) is 0. The van der Waals surface area contributed by atoms with E-state index >= 15 is 0 Å². The van der Waals surface area contributed by atoms with Gasteiger partial charge in [-0.25, -0.2) is 0 Å². The van der Waals surface area contributed by atoms with Crippen molar-refractivity contribution in [1.29, 1.82) is 0 Å². The molecule has 3 aromatic carbocycles. The van der Waals surface area contributed by atoms with Crippen molar-refractivity contribution in [3.63, 3.8) is 0 Å². The smallest absolute Gasteiger partial charge is 0.238 e. The lowest BCUT2D eigenvalue weighted by molar-refractivity contribution is -0.126. The van der Waals surface area contributed by atoms with Crippen LogP contribution in [-0.4, -0.2) is 35.8 Å². The number of rotatable bonds is 4. The third-order valence-corrected chi connectivity index (χ3v) is 12.2. The SMILES string of the molecule is COc1cc([C@H]2C3=CC[C@@H]4C(=O)N(c5ccc(Cl)cc5)C(=O)[C@@H]4[C@@H]3C[C@H]3C(=O)N(c4ccc(Cl)cc4)C(=O)[C@@H]23)c(Br)c(Br)c1O. The quantitative estimate of drug-likeness (QED) is 0.221. The maximum atomic E-state index is 14.3. The van der Waals surface area contributed by atoms with Crippen molar-refractivity contribution in [1.82, 2.24) is 0 Å². The van der Waals surface area contributed by atoms with Crippen LogP contribution in [0.2, 0.25) is 10.0 Å². The number of allylic oxidation sites excluding steroid dienone is 2. The summed E-state index contributed by atoms with van der Waals surface area (Å²) in [5, 5.41) is 11.7. The number of fused-ring (bicyclic) bond motifs is 4. The van der Waals surface area contributed by atoms with E-state index in [2.05, 4.69) is 31.9 Å². The van der Waals surface area contributed by atoms with Crippen LogP contribution in [0.3, 0.4) is 0 Å². The van der Waals surface area contributed by atoms with E-state index < -0.39 is 35.5 Å². The maximum Gasteiger partial charge on any atom is 0.238 e. The average molecular weight is 775 g/mol. The molecule has 0 radical (unpaired) electrons. The molecule has 4 aliphatic rings. The van der Waals surface area contributed by atoms with E-state index in [0.717, 1.165) is 5.57 Å². The summed E-state index contributed by atoms with van der Waals surface area (Å²) in [5.41, 5.74) is 2.27. The molecule has 7 rings (SSSR count). The lowest BCUT2D eigenvalue weighted by Crippen LogP contribution is -2.43. The van der Waals surface area contributed by atoms with E-state index in [1.807, 2.05) is 6.08 Å². The molecular formula is C33H24Br2Cl2N2O6. The van der Waals surface area contributed by atoms with E-state index in [1.54, 1.807) is 54.6 Å². The first-order valence-electron chi connectivity index (χ1n) is 14.2. The molecule has 2 saturated heterocycles. The fraction of sp³-hybridized carbons (Fsp3) is 0.273. The average Bonchev–Trinajstić information content (AvgIpc) is 3.44. The zero-order valence-electron chi connectivity index (χ0n) is 23.5. The Labute approximate surface area is 285 Å². The molecule has 8 nitrogen and oxygen atoms in total. The van der Waals surface area contributed by atoms with Gasteiger partial charge in [-0.05, 0) is 111 Å². The first-order valence-corrected chi connectivity index (χ1v) is 16.6. The molecule has 0 spiro atoms. The van der Waals surface area contributed by atoms with Crippen molar-refractivity contribution in [3.8, 4) is 11.5 Å². The Morgan fingerprint density at radius 1 is 0.756 bits per heavy atom. The highest BCUT2D eigenvalue weighted by atomic mass is 79.9. The second kappa shape index (κ2) is 11.3. The molecule has 0 bridgehead atoms. The Balaban J connectivity index is 1.38. The molecule has 230 valence electrons. The highest BCUT2D eigenvalue weighted by molar-refractivity contribution is 9.13. The Hall–Kier alpha value is -3.18. The highest BCUT2D eigenvalue weighted by Crippen LogP contribution is 2.60. The third kappa shape index (κ3) is 4.59. The van der Waals surface area contributed by atoms with E-state index in [0.29, 0.717) is 42.3 Å². The number of methoxy groups -OCH3 is 1. The van der Waals surface area contributed by atoms with Crippen molar-refractivity contribution in [2.75, 3.05) is 16.9 Å². The number of carbonyl (C=O) groups excluding carboxylic acids is 4. The van der Waals surface area contributed by atoms with Crippen molar-refractivity contribution in [3.05, 3.63) is 90.8 Å². The molecule has 0 aromatic heterocycles. The summed E-state index contributed by atoms with van der Waals surface area (Å²) in [6, 6.07) is 14.7. The van der Waals surface area contributed by atoms with E-state index in [-0.39, 0.29) is 41.5 Å². The van der Waals surface area contributed by atoms with Gasteiger partial charge in [0, 0.05) is 20.4 Å². The number of imide groups is 2. The Bertz CT molecular complexity index is 1830. The third-order valence-electron chi connectivity index (χ3n) is 9.55. The molecule has 6 atom stereocenters.